The van der Waals surface area contributed by atoms with E-state index in [1.165, 1.54) is 12.0 Å². The minimum absolute atomic E-state index is 0.293. The molecule has 0 aromatic heterocycles. The molecule has 0 bridgehead atoms. The van der Waals surface area contributed by atoms with E-state index in [9.17, 15) is 0 Å². The van der Waals surface area contributed by atoms with Gasteiger partial charge in [-0.05, 0) is 36.8 Å². The lowest BCUT2D eigenvalue weighted by molar-refractivity contribution is 0.632. The first-order valence-corrected chi connectivity index (χ1v) is 5.08. The highest BCUT2D eigenvalue weighted by Crippen LogP contribution is 2.50. The molecule has 70 valence electrons. The average molecular weight is 196 g/mol. The van der Waals surface area contributed by atoms with E-state index in [0.717, 1.165) is 5.02 Å². The van der Waals surface area contributed by atoms with Crippen LogP contribution in [0.25, 0.3) is 0 Å². The maximum Gasteiger partial charge on any atom is 0.0440 e. The SMILES string of the molecule is C[C@H](N)[C@@H]1C[C@@H]1c1ccccc1Cl. The summed E-state index contributed by atoms with van der Waals surface area (Å²) in [5.41, 5.74) is 7.10. The second-order valence-corrected chi connectivity index (χ2v) is 4.29. The van der Waals surface area contributed by atoms with Crippen LogP contribution >= 0.6 is 11.6 Å². The van der Waals surface area contributed by atoms with Gasteiger partial charge in [0.05, 0.1) is 0 Å². The number of hydrogen-bond acceptors (Lipinski definition) is 1. The van der Waals surface area contributed by atoms with Crippen molar-refractivity contribution in [2.45, 2.75) is 25.3 Å². The monoisotopic (exact) mass is 195 g/mol. The van der Waals surface area contributed by atoms with Gasteiger partial charge in [-0.3, -0.25) is 0 Å². The van der Waals surface area contributed by atoms with Crippen molar-refractivity contribution in [2.24, 2.45) is 11.7 Å². The molecule has 0 unspecified atom stereocenters. The summed E-state index contributed by atoms with van der Waals surface area (Å²) >= 11 is 6.09. The third-order valence-corrected chi connectivity index (χ3v) is 3.16. The second-order valence-electron chi connectivity index (χ2n) is 3.89. The quantitative estimate of drug-likeness (QED) is 0.772. The summed E-state index contributed by atoms with van der Waals surface area (Å²) in [6, 6.07) is 8.36. The Balaban J connectivity index is 2.16. The Morgan fingerprint density at radius 3 is 2.69 bits per heavy atom. The van der Waals surface area contributed by atoms with E-state index in [1.807, 2.05) is 18.2 Å². The van der Waals surface area contributed by atoms with Gasteiger partial charge in [0.1, 0.15) is 0 Å². The first-order valence-electron chi connectivity index (χ1n) is 4.70. The summed E-state index contributed by atoms with van der Waals surface area (Å²) < 4.78 is 0. The van der Waals surface area contributed by atoms with Gasteiger partial charge in [0, 0.05) is 11.1 Å². The molecule has 13 heavy (non-hydrogen) atoms. The van der Waals surface area contributed by atoms with Crippen molar-refractivity contribution in [1.82, 2.24) is 0 Å². The Hall–Kier alpha value is -0.530. The van der Waals surface area contributed by atoms with Crippen LogP contribution in [0.15, 0.2) is 24.3 Å². The molecular formula is C11H14ClN. The number of nitrogens with two attached hydrogens (primary N) is 1. The zero-order valence-electron chi connectivity index (χ0n) is 7.70. The topological polar surface area (TPSA) is 26.0 Å². The maximum absolute atomic E-state index is 6.09. The van der Waals surface area contributed by atoms with Crippen molar-refractivity contribution in [1.29, 1.82) is 0 Å². The summed E-state index contributed by atoms with van der Waals surface area (Å²) in [4.78, 5) is 0. The number of benzene rings is 1. The molecule has 2 heteroatoms. The Morgan fingerprint density at radius 2 is 2.15 bits per heavy atom. The summed E-state index contributed by atoms with van der Waals surface area (Å²) in [6.07, 6.45) is 1.20. The van der Waals surface area contributed by atoms with Gasteiger partial charge in [0.25, 0.3) is 0 Å². The molecule has 0 spiro atoms. The Labute approximate surface area is 83.9 Å². The molecule has 1 aromatic rings. The Morgan fingerprint density at radius 1 is 1.46 bits per heavy atom. The molecule has 2 N–H and O–H groups in total. The molecule has 0 saturated heterocycles. The van der Waals surface area contributed by atoms with E-state index in [-0.39, 0.29) is 0 Å². The fourth-order valence-corrected chi connectivity index (χ4v) is 2.21. The Bertz CT molecular complexity index is 309. The lowest BCUT2D eigenvalue weighted by Crippen LogP contribution is -2.17. The van der Waals surface area contributed by atoms with Gasteiger partial charge in [-0.2, -0.15) is 0 Å². The number of hydrogen-bond donors (Lipinski definition) is 1. The second kappa shape index (κ2) is 3.32. The van der Waals surface area contributed by atoms with E-state index in [2.05, 4.69) is 13.0 Å². The molecule has 2 rings (SSSR count). The van der Waals surface area contributed by atoms with Crippen molar-refractivity contribution >= 4 is 11.6 Å². The summed E-state index contributed by atoms with van der Waals surface area (Å²) in [7, 11) is 0. The van der Waals surface area contributed by atoms with Gasteiger partial charge in [0.2, 0.25) is 0 Å². The van der Waals surface area contributed by atoms with Crippen molar-refractivity contribution < 1.29 is 0 Å². The lowest BCUT2D eigenvalue weighted by atomic mass is 10.1. The van der Waals surface area contributed by atoms with E-state index in [4.69, 9.17) is 17.3 Å². The van der Waals surface area contributed by atoms with Crippen LogP contribution in [0.5, 0.6) is 0 Å². The average Bonchev–Trinajstić information content (AvgIpc) is 2.84. The van der Waals surface area contributed by atoms with E-state index < -0.39 is 0 Å². The van der Waals surface area contributed by atoms with Crippen LogP contribution in [0.3, 0.4) is 0 Å². The van der Waals surface area contributed by atoms with Crippen molar-refractivity contribution in [3.05, 3.63) is 34.9 Å². The molecule has 0 aliphatic heterocycles. The first-order chi connectivity index (χ1) is 6.20. The minimum atomic E-state index is 0.293. The van der Waals surface area contributed by atoms with Crippen LogP contribution in [0, 0.1) is 5.92 Å². The third kappa shape index (κ3) is 1.72. The van der Waals surface area contributed by atoms with Crippen molar-refractivity contribution in [3.63, 3.8) is 0 Å². The zero-order chi connectivity index (χ0) is 9.42. The highest BCUT2D eigenvalue weighted by Gasteiger charge is 2.41. The predicted octanol–water partition coefficient (Wildman–Crippen LogP) is 2.79. The van der Waals surface area contributed by atoms with E-state index in [0.29, 0.717) is 17.9 Å². The molecule has 1 aliphatic carbocycles. The summed E-state index contributed by atoms with van der Waals surface area (Å²) in [5.74, 6) is 1.24. The van der Waals surface area contributed by atoms with Gasteiger partial charge >= 0.3 is 0 Å². The third-order valence-electron chi connectivity index (χ3n) is 2.82. The van der Waals surface area contributed by atoms with Crippen LogP contribution in [0.4, 0.5) is 0 Å². The molecule has 1 nitrogen and oxygen atoms in total. The number of rotatable bonds is 2. The highest BCUT2D eigenvalue weighted by atomic mass is 35.5. The minimum Gasteiger partial charge on any atom is -0.328 e. The Kier molecular flexibility index (Phi) is 2.31. The molecular weight excluding hydrogens is 182 g/mol. The molecule has 0 amide bonds. The van der Waals surface area contributed by atoms with Crippen LogP contribution in [0.1, 0.15) is 24.8 Å². The van der Waals surface area contributed by atoms with E-state index in [1.54, 1.807) is 0 Å². The molecule has 3 atom stereocenters. The lowest BCUT2D eigenvalue weighted by Gasteiger charge is -2.05. The smallest absolute Gasteiger partial charge is 0.0440 e. The zero-order valence-corrected chi connectivity index (χ0v) is 8.46. The first kappa shape index (κ1) is 9.04. The van der Waals surface area contributed by atoms with Gasteiger partial charge in [0.15, 0.2) is 0 Å². The fraction of sp³-hybridized carbons (Fsp3) is 0.455. The van der Waals surface area contributed by atoms with Gasteiger partial charge in [-0.1, -0.05) is 29.8 Å². The van der Waals surface area contributed by atoms with E-state index >= 15 is 0 Å². The van der Waals surface area contributed by atoms with Gasteiger partial charge in [-0.15, -0.1) is 0 Å². The highest BCUT2D eigenvalue weighted by molar-refractivity contribution is 6.31. The van der Waals surface area contributed by atoms with Gasteiger partial charge in [-0.25, -0.2) is 0 Å². The predicted molar refractivity (Wildman–Crippen MR) is 55.9 cm³/mol. The van der Waals surface area contributed by atoms with Crippen LogP contribution in [-0.2, 0) is 0 Å². The maximum atomic E-state index is 6.09. The van der Waals surface area contributed by atoms with Crippen molar-refractivity contribution in [2.75, 3.05) is 0 Å². The molecule has 1 saturated carbocycles. The van der Waals surface area contributed by atoms with Crippen molar-refractivity contribution in [3.8, 4) is 0 Å². The molecule has 1 aromatic carbocycles. The molecule has 1 aliphatic rings. The largest absolute Gasteiger partial charge is 0.328 e. The van der Waals surface area contributed by atoms with Crippen LogP contribution < -0.4 is 5.73 Å². The molecule has 1 fully saturated rings. The van der Waals surface area contributed by atoms with Gasteiger partial charge < -0.3 is 5.73 Å². The summed E-state index contributed by atoms with van der Waals surface area (Å²) in [6.45, 7) is 2.07. The normalized spacial score (nSPS) is 28.5. The fourth-order valence-electron chi connectivity index (χ4n) is 1.93. The standard InChI is InChI=1S/C11H14ClN/c1-7(13)9-6-10(9)8-4-2-3-5-11(8)12/h2-5,7,9-10H,6,13H2,1H3/t7-,9-,10+/m0/s1. The van der Waals surface area contributed by atoms with Crippen LogP contribution in [-0.4, -0.2) is 6.04 Å². The molecule has 0 radical (unpaired) electrons. The number of halogens is 1. The molecule has 0 heterocycles. The van der Waals surface area contributed by atoms with Crippen LogP contribution in [0.2, 0.25) is 5.02 Å². The summed E-state index contributed by atoms with van der Waals surface area (Å²) in [5, 5.41) is 0.885.